The van der Waals surface area contributed by atoms with Crippen LogP contribution in [0.1, 0.15) is 93.9 Å². The van der Waals surface area contributed by atoms with Gasteiger partial charge in [-0.05, 0) is 93.9 Å². The average Bonchev–Trinajstić information content (AvgIpc) is 3.01. The Kier molecular flexibility index (Phi) is 7.09. The first kappa shape index (κ1) is 25.5. The minimum absolute atomic E-state index is 0.0379. The van der Waals surface area contributed by atoms with Crippen LogP contribution in [0.5, 0.6) is 0 Å². The highest BCUT2D eigenvalue weighted by molar-refractivity contribution is 5.75. The van der Waals surface area contributed by atoms with Crippen LogP contribution in [0.4, 0.5) is 0 Å². The molecule has 0 aromatic rings. The zero-order valence-electron chi connectivity index (χ0n) is 21.6. The molecule has 2 saturated heterocycles. The molecule has 0 bridgehead atoms. The third-order valence-electron chi connectivity index (χ3n) is 8.12. The van der Waals surface area contributed by atoms with Gasteiger partial charge in [0.2, 0.25) is 0 Å². The van der Waals surface area contributed by atoms with E-state index < -0.39 is 0 Å². The molecule has 1 saturated carbocycles. The van der Waals surface area contributed by atoms with E-state index in [9.17, 15) is 9.59 Å². The van der Waals surface area contributed by atoms with E-state index in [2.05, 4.69) is 66.0 Å². The predicted octanol–water partition coefficient (Wildman–Crippen LogP) is 4.21. The summed E-state index contributed by atoms with van der Waals surface area (Å²) in [7, 11) is 0. The van der Waals surface area contributed by atoms with Crippen molar-refractivity contribution in [1.29, 1.82) is 0 Å². The second-order valence-electron chi connectivity index (χ2n) is 13.1. The van der Waals surface area contributed by atoms with Crippen molar-refractivity contribution >= 4 is 11.9 Å². The molecule has 2 unspecified atom stereocenters. The van der Waals surface area contributed by atoms with Gasteiger partial charge in [0.05, 0.1) is 25.0 Å². The Labute approximate surface area is 194 Å². The molecule has 0 spiro atoms. The number of carbonyl (C=O) groups is 2. The molecular formula is C26H46N2O4. The summed E-state index contributed by atoms with van der Waals surface area (Å²) >= 11 is 0. The SMILES string of the molecule is CC1(C)CC(COC(=O)C2CCC(C(=O)OCC3CC(C)(C)NC3(C)C)CC2)C(C)(C)N1. The van der Waals surface area contributed by atoms with Crippen molar-refractivity contribution in [3.63, 3.8) is 0 Å². The van der Waals surface area contributed by atoms with E-state index in [0.29, 0.717) is 50.7 Å². The largest absolute Gasteiger partial charge is 0.465 e. The normalized spacial score (nSPS) is 34.8. The van der Waals surface area contributed by atoms with Crippen molar-refractivity contribution in [2.45, 2.75) is 116 Å². The number of nitrogens with one attached hydrogen (secondary N) is 2. The Hall–Kier alpha value is -1.14. The summed E-state index contributed by atoms with van der Waals surface area (Å²) in [6, 6.07) is 0. The molecule has 32 heavy (non-hydrogen) atoms. The van der Waals surface area contributed by atoms with Gasteiger partial charge in [-0.15, -0.1) is 0 Å². The molecule has 1 aliphatic carbocycles. The van der Waals surface area contributed by atoms with Gasteiger partial charge in [0.25, 0.3) is 0 Å². The van der Waals surface area contributed by atoms with E-state index in [1.54, 1.807) is 0 Å². The van der Waals surface area contributed by atoms with Crippen molar-refractivity contribution < 1.29 is 19.1 Å². The lowest BCUT2D eigenvalue weighted by Gasteiger charge is -2.30. The van der Waals surface area contributed by atoms with Gasteiger partial charge in [0.1, 0.15) is 0 Å². The molecule has 3 aliphatic rings. The Morgan fingerprint density at radius 2 is 0.969 bits per heavy atom. The van der Waals surface area contributed by atoms with E-state index in [1.807, 2.05) is 0 Å². The average molecular weight is 451 g/mol. The van der Waals surface area contributed by atoms with Crippen LogP contribution >= 0.6 is 0 Å². The van der Waals surface area contributed by atoms with Gasteiger partial charge < -0.3 is 20.1 Å². The van der Waals surface area contributed by atoms with Crippen LogP contribution in [0.3, 0.4) is 0 Å². The van der Waals surface area contributed by atoms with Crippen molar-refractivity contribution in [2.24, 2.45) is 23.7 Å². The maximum absolute atomic E-state index is 12.7. The number of ether oxygens (including phenoxy) is 2. The fourth-order valence-corrected chi connectivity index (χ4v) is 6.49. The van der Waals surface area contributed by atoms with E-state index in [4.69, 9.17) is 9.47 Å². The first-order chi connectivity index (χ1) is 14.6. The topological polar surface area (TPSA) is 76.7 Å². The number of esters is 2. The monoisotopic (exact) mass is 450 g/mol. The molecule has 6 nitrogen and oxygen atoms in total. The lowest BCUT2D eigenvalue weighted by Crippen LogP contribution is -2.46. The molecule has 2 heterocycles. The number of carbonyl (C=O) groups excluding carboxylic acids is 2. The van der Waals surface area contributed by atoms with Crippen molar-refractivity contribution in [2.75, 3.05) is 13.2 Å². The summed E-state index contributed by atoms with van der Waals surface area (Å²) in [6.45, 7) is 18.4. The van der Waals surface area contributed by atoms with Crippen molar-refractivity contribution in [3.05, 3.63) is 0 Å². The Morgan fingerprint density at radius 1 is 0.656 bits per heavy atom. The summed E-state index contributed by atoms with van der Waals surface area (Å²) in [5.74, 6) is 0.238. The molecule has 3 fully saturated rings. The standard InChI is InChI=1S/C26H46N2O4/c1-23(2)13-19(25(5,6)27-23)15-31-21(29)17-9-11-18(12-10-17)22(30)32-16-20-14-24(3,4)28-26(20,7)8/h17-20,27-28H,9-16H2,1-8H3. The third kappa shape index (κ3) is 6.05. The summed E-state index contributed by atoms with van der Waals surface area (Å²) < 4.78 is 11.5. The van der Waals surface area contributed by atoms with Crippen LogP contribution in [0.2, 0.25) is 0 Å². The van der Waals surface area contributed by atoms with Crippen molar-refractivity contribution in [1.82, 2.24) is 10.6 Å². The second kappa shape index (κ2) is 8.90. The molecule has 2 aliphatic heterocycles. The fraction of sp³-hybridized carbons (Fsp3) is 0.923. The number of hydrogen-bond acceptors (Lipinski definition) is 6. The van der Waals surface area contributed by atoms with Crippen molar-refractivity contribution in [3.8, 4) is 0 Å². The Morgan fingerprint density at radius 3 is 1.22 bits per heavy atom. The second-order valence-corrected chi connectivity index (χ2v) is 13.1. The molecule has 0 aromatic heterocycles. The highest BCUT2D eigenvalue weighted by Gasteiger charge is 2.46. The highest BCUT2D eigenvalue weighted by atomic mass is 16.5. The van der Waals surface area contributed by atoms with Crippen LogP contribution in [-0.2, 0) is 19.1 Å². The van der Waals surface area contributed by atoms with E-state index in [0.717, 1.165) is 12.8 Å². The van der Waals surface area contributed by atoms with Gasteiger partial charge in [-0.25, -0.2) is 0 Å². The zero-order chi connectivity index (χ0) is 23.9. The predicted molar refractivity (Wildman–Crippen MR) is 126 cm³/mol. The minimum Gasteiger partial charge on any atom is -0.465 e. The molecule has 6 heteroatoms. The summed E-state index contributed by atoms with van der Waals surface area (Å²) in [5.41, 5.74) is 0.0602. The molecule has 0 amide bonds. The first-order valence-corrected chi connectivity index (χ1v) is 12.5. The van der Waals surface area contributed by atoms with Gasteiger partial charge in [0, 0.05) is 34.0 Å². The van der Waals surface area contributed by atoms with E-state index >= 15 is 0 Å². The van der Waals surface area contributed by atoms with Crippen LogP contribution in [0.25, 0.3) is 0 Å². The van der Waals surface area contributed by atoms with E-state index in [-0.39, 0.29) is 45.9 Å². The summed E-state index contributed by atoms with van der Waals surface area (Å²) in [6.07, 6.45) is 4.83. The molecule has 0 aromatic carbocycles. The van der Waals surface area contributed by atoms with Crippen LogP contribution in [-0.4, -0.2) is 47.3 Å². The Bertz CT molecular complexity index is 645. The van der Waals surface area contributed by atoms with Gasteiger partial charge in [-0.2, -0.15) is 0 Å². The Balaban J connectivity index is 1.40. The van der Waals surface area contributed by atoms with Gasteiger partial charge in [0.15, 0.2) is 0 Å². The third-order valence-corrected chi connectivity index (χ3v) is 8.12. The molecular weight excluding hydrogens is 404 g/mol. The number of rotatable bonds is 6. The van der Waals surface area contributed by atoms with E-state index in [1.165, 1.54) is 0 Å². The lowest BCUT2D eigenvalue weighted by atomic mass is 9.82. The zero-order valence-corrected chi connectivity index (χ0v) is 21.6. The highest BCUT2D eigenvalue weighted by Crippen LogP contribution is 2.38. The van der Waals surface area contributed by atoms with Crippen LogP contribution < -0.4 is 10.6 Å². The quantitative estimate of drug-likeness (QED) is 0.590. The maximum atomic E-state index is 12.7. The molecule has 3 rings (SSSR count). The van der Waals surface area contributed by atoms with Crippen LogP contribution in [0.15, 0.2) is 0 Å². The fourth-order valence-electron chi connectivity index (χ4n) is 6.49. The molecule has 2 atom stereocenters. The number of hydrogen-bond donors (Lipinski definition) is 2. The summed E-state index contributed by atoms with van der Waals surface area (Å²) in [4.78, 5) is 25.3. The first-order valence-electron chi connectivity index (χ1n) is 12.5. The maximum Gasteiger partial charge on any atom is 0.308 e. The minimum atomic E-state index is -0.0988. The van der Waals surface area contributed by atoms with Gasteiger partial charge in [-0.3, -0.25) is 9.59 Å². The van der Waals surface area contributed by atoms with Crippen LogP contribution in [0, 0.1) is 23.7 Å². The lowest BCUT2D eigenvalue weighted by molar-refractivity contribution is -0.157. The molecule has 2 N–H and O–H groups in total. The summed E-state index contributed by atoms with van der Waals surface area (Å²) in [5, 5.41) is 7.27. The van der Waals surface area contributed by atoms with Gasteiger partial charge >= 0.3 is 11.9 Å². The molecule has 0 radical (unpaired) electrons. The molecule has 184 valence electrons. The smallest absolute Gasteiger partial charge is 0.308 e. The van der Waals surface area contributed by atoms with Gasteiger partial charge in [-0.1, -0.05) is 0 Å².